The van der Waals surface area contributed by atoms with Gasteiger partial charge in [0.2, 0.25) is 0 Å². The number of morpholine rings is 1. The van der Waals surface area contributed by atoms with Gasteiger partial charge < -0.3 is 14.7 Å². The highest BCUT2D eigenvalue weighted by Gasteiger charge is 2.24. The summed E-state index contributed by atoms with van der Waals surface area (Å²) in [6.45, 7) is 6.13. The van der Waals surface area contributed by atoms with E-state index < -0.39 is 0 Å². The fourth-order valence-corrected chi connectivity index (χ4v) is 1.77. The molecule has 4 nitrogen and oxygen atoms in total. The number of ether oxygens (including phenoxy) is 1. The lowest BCUT2D eigenvalue weighted by Crippen LogP contribution is -2.49. The number of hydrogen-bond acceptors (Lipinski definition) is 4. The van der Waals surface area contributed by atoms with Crippen LogP contribution >= 0.6 is 0 Å². The molecule has 0 aromatic rings. The van der Waals surface area contributed by atoms with Crippen molar-refractivity contribution in [3.05, 3.63) is 0 Å². The fourth-order valence-electron chi connectivity index (χ4n) is 1.77. The number of aliphatic hydroxyl groups excluding tert-OH is 1. The van der Waals surface area contributed by atoms with Gasteiger partial charge in [0.05, 0.1) is 18.8 Å². The summed E-state index contributed by atoms with van der Waals surface area (Å²) in [6, 6.07) is 0. The van der Waals surface area contributed by atoms with Gasteiger partial charge in [-0.1, -0.05) is 0 Å². The third-order valence-corrected chi connectivity index (χ3v) is 2.47. The van der Waals surface area contributed by atoms with Gasteiger partial charge in [-0.2, -0.15) is 0 Å². The van der Waals surface area contributed by atoms with Crippen LogP contribution < -0.4 is 0 Å². The van der Waals surface area contributed by atoms with Gasteiger partial charge in [0.25, 0.3) is 0 Å². The molecule has 1 N–H and O–H groups in total. The Hall–Kier alpha value is -0.160. The molecule has 0 saturated carbocycles. The van der Waals surface area contributed by atoms with Gasteiger partial charge in [0, 0.05) is 26.2 Å². The van der Waals surface area contributed by atoms with Gasteiger partial charge in [-0.05, 0) is 21.0 Å². The van der Waals surface area contributed by atoms with E-state index in [0.29, 0.717) is 0 Å². The quantitative estimate of drug-likeness (QED) is 0.675. The van der Waals surface area contributed by atoms with Crippen LogP contribution in [0.3, 0.4) is 0 Å². The van der Waals surface area contributed by atoms with E-state index in [-0.39, 0.29) is 18.8 Å². The zero-order valence-electron chi connectivity index (χ0n) is 9.44. The molecule has 2 atom stereocenters. The predicted molar refractivity (Wildman–Crippen MR) is 56.4 cm³/mol. The van der Waals surface area contributed by atoms with Crippen molar-refractivity contribution in [2.24, 2.45) is 0 Å². The predicted octanol–water partition coefficient (Wildman–Crippen LogP) is -0.370. The molecule has 4 heteroatoms. The second-order valence-corrected chi connectivity index (χ2v) is 4.31. The lowest BCUT2D eigenvalue weighted by molar-refractivity contribution is -0.0956. The Bertz CT molecular complexity index is 164. The van der Waals surface area contributed by atoms with E-state index >= 15 is 0 Å². The maximum atomic E-state index is 9.04. The Morgan fingerprint density at radius 3 is 2.71 bits per heavy atom. The monoisotopic (exact) mass is 202 g/mol. The van der Waals surface area contributed by atoms with Crippen LogP contribution in [0.25, 0.3) is 0 Å². The second-order valence-electron chi connectivity index (χ2n) is 4.31. The lowest BCUT2D eigenvalue weighted by atomic mass is 10.2. The fraction of sp³-hybridized carbons (Fsp3) is 1.00. The SMILES string of the molecule is CC1CN(CCN(C)C)CC(CO)O1. The molecule has 0 aromatic heterocycles. The first kappa shape index (κ1) is 11.9. The van der Waals surface area contributed by atoms with Gasteiger partial charge in [-0.15, -0.1) is 0 Å². The standard InChI is InChI=1S/C10H22N2O2/c1-9-6-12(5-4-11(2)3)7-10(8-13)14-9/h9-10,13H,4-8H2,1-3H3. The van der Waals surface area contributed by atoms with Crippen LogP contribution in [0.15, 0.2) is 0 Å². The normalized spacial score (nSPS) is 29.8. The van der Waals surface area contributed by atoms with E-state index in [1.165, 1.54) is 0 Å². The highest BCUT2D eigenvalue weighted by molar-refractivity contribution is 4.75. The summed E-state index contributed by atoms with van der Waals surface area (Å²) in [5.74, 6) is 0. The van der Waals surface area contributed by atoms with Crippen LogP contribution in [-0.2, 0) is 4.74 Å². The van der Waals surface area contributed by atoms with Crippen LogP contribution in [-0.4, -0.2) is 74.0 Å². The average molecular weight is 202 g/mol. The topological polar surface area (TPSA) is 35.9 Å². The van der Waals surface area contributed by atoms with E-state index in [1.54, 1.807) is 0 Å². The first-order valence-corrected chi connectivity index (χ1v) is 5.25. The number of nitrogens with zero attached hydrogens (tertiary/aromatic N) is 2. The zero-order chi connectivity index (χ0) is 10.6. The van der Waals surface area contributed by atoms with Crippen molar-refractivity contribution in [2.75, 3.05) is 46.9 Å². The van der Waals surface area contributed by atoms with Crippen molar-refractivity contribution < 1.29 is 9.84 Å². The van der Waals surface area contributed by atoms with Crippen LogP contribution in [0.1, 0.15) is 6.92 Å². The Morgan fingerprint density at radius 2 is 2.14 bits per heavy atom. The number of aliphatic hydroxyl groups is 1. The molecule has 0 bridgehead atoms. The van der Waals surface area contributed by atoms with E-state index in [1.807, 2.05) is 0 Å². The molecule has 84 valence electrons. The molecular formula is C10H22N2O2. The van der Waals surface area contributed by atoms with E-state index in [4.69, 9.17) is 9.84 Å². The molecule has 1 saturated heterocycles. The molecule has 0 aliphatic carbocycles. The van der Waals surface area contributed by atoms with Crippen LogP contribution in [0, 0.1) is 0 Å². The third-order valence-electron chi connectivity index (χ3n) is 2.47. The minimum atomic E-state index is 0.000845. The van der Waals surface area contributed by atoms with Crippen molar-refractivity contribution in [3.8, 4) is 0 Å². The van der Waals surface area contributed by atoms with Gasteiger partial charge >= 0.3 is 0 Å². The highest BCUT2D eigenvalue weighted by Crippen LogP contribution is 2.10. The summed E-state index contributed by atoms with van der Waals surface area (Å²) in [6.07, 6.45) is 0.240. The van der Waals surface area contributed by atoms with E-state index in [9.17, 15) is 0 Å². The maximum absolute atomic E-state index is 9.04. The lowest BCUT2D eigenvalue weighted by Gasteiger charge is -2.36. The molecule has 0 spiro atoms. The van der Waals surface area contributed by atoms with E-state index in [2.05, 4.69) is 30.8 Å². The summed E-state index contributed by atoms with van der Waals surface area (Å²) in [5, 5.41) is 9.04. The second kappa shape index (κ2) is 5.66. The number of rotatable bonds is 4. The van der Waals surface area contributed by atoms with Crippen molar-refractivity contribution >= 4 is 0 Å². The molecule has 0 radical (unpaired) electrons. The first-order valence-electron chi connectivity index (χ1n) is 5.25. The van der Waals surface area contributed by atoms with E-state index in [0.717, 1.165) is 26.2 Å². The highest BCUT2D eigenvalue weighted by atomic mass is 16.5. The van der Waals surface area contributed by atoms with Gasteiger partial charge in [0.15, 0.2) is 0 Å². The Labute approximate surface area is 86.4 Å². The molecule has 1 aliphatic rings. The van der Waals surface area contributed by atoms with Crippen molar-refractivity contribution in [2.45, 2.75) is 19.1 Å². The summed E-state index contributed by atoms with van der Waals surface area (Å²) in [4.78, 5) is 4.53. The van der Waals surface area contributed by atoms with Gasteiger partial charge in [-0.3, -0.25) is 4.90 Å². The zero-order valence-corrected chi connectivity index (χ0v) is 9.44. The number of hydrogen-bond donors (Lipinski definition) is 1. The minimum Gasteiger partial charge on any atom is -0.394 e. The third kappa shape index (κ3) is 3.92. The molecule has 2 unspecified atom stereocenters. The molecule has 0 aromatic carbocycles. The minimum absolute atomic E-state index is 0.000845. The van der Waals surface area contributed by atoms with Crippen LogP contribution in [0.4, 0.5) is 0 Å². The largest absolute Gasteiger partial charge is 0.394 e. The summed E-state index contributed by atoms with van der Waals surface area (Å²) >= 11 is 0. The summed E-state index contributed by atoms with van der Waals surface area (Å²) in [7, 11) is 4.15. The average Bonchev–Trinajstić information content (AvgIpc) is 2.14. The van der Waals surface area contributed by atoms with Gasteiger partial charge in [0.1, 0.15) is 0 Å². The molecule has 0 amide bonds. The van der Waals surface area contributed by atoms with Crippen molar-refractivity contribution in [1.82, 2.24) is 9.80 Å². The molecule has 1 fully saturated rings. The Morgan fingerprint density at radius 1 is 1.43 bits per heavy atom. The summed E-state index contributed by atoms with van der Waals surface area (Å²) in [5.41, 5.74) is 0. The first-order chi connectivity index (χ1) is 6.61. The molecule has 14 heavy (non-hydrogen) atoms. The molecule has 1 aliphatic heterocycles. The Balaban J connectivity index is 2.30. The number of likely N-dealkylation sites (N-methyl/N-ethyl adjacent to an activating group) is 1. The van der Waals surface area contributed by atoms with Crippen molar-refractivity contribution in [1.29, 1.82) is 0 Å². The summed E-state index contributed by atoms with van der Waals surface area (Å²) < 4.78 is 5.57. The Kier molecular flexibility index (Phi) is 4.81. The van der Waals surface area contributed by atoms with Crippen molar-refractivity contribution in [3.63, 3.8) is 0 Å². The molecule has 1 heterocycles. The molecule has 1 rings (SSSR count). The van der Waals surface area contributed by atoms with Gasteiger partial charge in [-0.25, -0.2) is 0 Å². The van der Waals surface area contributed by atoms with Crippen LogP contribution in [0.5, 0.6) is 0 Å². The molecular weight excluding hydrogens is 180 g/mol. The van der Waals surface area contributed by atoms with Crippen LogP contribution in [0.2, 0.25) is 0 Å². The maximum Gasteiger partial charge on any atom is 0.0936 e. The smallest absolute Gasteiger partial charge is 0.0936 e.